The molecule has 212 valence electrons. The van der Waals surface area contributed by atoms with Crippen LogP contribution in [0.15, 0.2) is 91.0 Å². The van der Waals surface area contributed by atoms with E-state index in [1.165, 1.54) is 29.6 Å². The first-order valence-corrected chi connectivity index (χ1v) is 15.1. The maximum absolute atomic E-state index is 13.9. The number of nitrogens with one attached hydrogen (secondary N) is 1. The standard InChI is InChI=1S/C34H37N3O3S/c1-24-31(27-16-10-5-11-17-27)35-33(41-24)36-34(39)37(29-20-18-28(19-21-29)32(38)40-2)23-22-30(25-12-6-3-7-13-25)26-14-8-4-9-15-26/h3-17,28-30H,18-23H2,1-2H3,(H,35,36,39)/t28-,29-. The zero-order valence-corrected chi connectivity index (χ0v) is 24.5. The normalized spacial score (nSPS) is 16.8. The van der Waals surface area contributed by atoms with Crippen LogP contribution in [0.2, 0.25) is 0 Å². The van der Waals surface area contributed by atoms with Gasteiger partial charge in [0.1, 0.15) is 0 Å². The maximum atomic E-state index is 13.9. The highest BCUT2D eigenvalue weighted by molar-refractivity contribution is 7.16. The molecule has 1 N–H and O–H groups in total. The average molecular weight is 568 g/mol. The number of nitrogens with zero attached hydrogens (tertiary/aromatic N) is 2. The van der Waals surface area contributed by atoms with Gasteiger partial charge in [-0.15, -0.1) is 11.3 Å². The Hall–Kier alpha value is -3.97. The molecule has 2 amide bonds. The number of anilines is 1. The third kappa shape index (κ3) is 7.03. The van der Waals surface area contributed by atoms with Crippen LogP contribution in [0.5, 0.6) is 0 Å². The molecular formula is C34H37N3O3S. The summed E-state index contributed by atoms with van der Waals surface area (Å²) >= 11 is 1.50. The summed E-state index contributed by atoms with van der Waals surface area (Å²) < 4.78 is 5.00. The Bertz CT molecular complexity index is 1380. The van der Waals surface area contributed by atoms with Gasteiger partial charge in [-0.2, -0.15) is 0 Å². The number of ether oxygens (including phenoxy) is 1. The summed E-state index contributed by atoms with van der Waals surface area (Å²) in [6.07, 6.45) is 3.75. The summed E-state index contributed by atoms with van der Waals surface area (Å²) in [5.74, 6) is -0.0946. The molecule has 0 unspecified atom stereocenters. The van der Waals surface area contributed by atoms with E-state index in [0.29, 0.717) is 11.7 Å². The van der Waals surface area contributed by atoms with E-state index in [4.69, 9.17) is 9.72 Å². The number of amides is 2. The maximum Gasteiger partial charge on any atom is 0.323 e. The van der Waals surface area contributed by atoms with E-state index in [2.05, 4.69) is 53.8 Å². The van der Waals surface area contributed by atoms with Crippen LogP contribution in [0, 0.1) is 12.8 Å². The van der Waals surface area contributed by atoms with Gasteiger partial charge in [-0.05, 0) is 50.2 Å². The fraction of sp³-hybridized carbons (Fsp3) is 0.324. The first kappa shape index (κ1) is 28.6. The minimum atomic E-state index is -0.153. The second-order valence-corrected chi connectivity index (χ2v) is 11.8. The lowest BCUT2D eigenvalue weighted by atomic mass is 9.84. The molecule has 7 heteroatoms. The molecule has 0 saturated heterocycles. The molecule has 1 aliphatic carbocycles. The lowest BCUT2D eigenvalue weighted by Crippen LogP contribution is -2.46. The van der Waals surface area contributed by atoms with Gasteiger partial charge >= 0.3 is 12.0 Å². The molecule has 4 aromatic rings. The van der Waals surface area contributed by atoms with Crippen molar-refractivity contribution < 1.29 is 14.3 Å². The number of rotatable bonds is 9. The molecule has 1 aromatic heterocycles. The molecule has 0 spiro atoms. The molecule has 1 fully saturated rings. The number of hydrogen-bond donors (Lipinski definition) is 1. The summed E-state index contributed by atoms with van der Waals surface area (Å²) in [5.41, 5.74) is 4.39. The number of aryl methyl sites for hydroxylation is 1. The highest BCUT2D eigenvalue weighted by atomic mass is 32.1. The van der Waals surface area contributed by atoms with Crippen molar-refractivity contribution in [1.29, 1.82) is 0 Å². The van der Waals surface area contributed by atoms with Gasteiger partial charge in [0.05, 0.1) is 18.7 Å². The van der Waals surface area contributed by atoms with E-state index >= 15 is 0 Å². The number of methoxy groups -OCH3 is 1. The van der Waals surface area contributed by atoms with E-state index in [-0.39, 0.29) is 29.9 Å². The fourth-order valence-electron chi connectivity index (χ4n) is 5.88. The second kappa shape index (κ2) is 13.6. The lowest BCUT2D eigenvalue weighted by Gasteiger charge is -2.37. The summed E-state index contributed by atoms with van der Waals surface area (Å²) in [6, 6.07) is 30.9. The van der Waals surface area contributed by atoms with Gasteiger partial charge in [0.2, 0.25) is 0 Å². The monoisotopic (exact) mass is 567 g/mol. The van der Waals surface area contributed by atoms with Crippen molar-refractivity contribution in [2.45, 2.75) is 51.0 Å². The number of carbonyl (C=O) groups is 2. The first-order chi connectivity index (χ1) is 20.0. The van der Waals surface area contributed by atoms with Crippen molar-refractivity contribution in [3.05, 3.63) is 107 Å². The Labute approximate surface area is 246 Å². The Morgan fingerprint density at radius 2 is 1.46 bits per heavy atom. The lowest BCUT2D eigenvalue weighted by molar-refractivity contribution is -0.146. The van der Waals surface area contributed by atoms with Crippen LogP contribution in [0.25, 0.3) is 11.3 Å². The molecule has 5 rings (SSSR count). The van der Waals surface area contributed by atoms with Crippen LogP contribution in [0.3, 0.4) is 0 Å². The minimum absolute atomic E-state index is 0.0396. The number of benzene rings is 3. The number of carbonyl (C=O) groups excluding carboxylic acids is 2. The first-order valence-electron chi connectivity index (χ1n) is 14.3. The number of aromatic nitrogens is 1. The van der Waals surface area contributed by atoms with Crippen molar-refractivity contribution in [3.63, 3.8) is 0 Å². The number of thiazole rings is 1. The molecule has 0 bridgehead atoms. The van der Waals surface area contributed by atoms with E-state index in [1.54, 1.807) is 0 Å². The third-order valence-corrected chi connectivity index (χ3v) is 8.94. The van der Waals surface area contributed by atoms with Crippen LogP contribution in [0.4, 0.5) is 9.93 Å². The second-order valence-electron chi connectivity index (χ2n) is 10.6. The summed E-state index contributed by atoms with van der Waals surface area (Å²) in [4.78, 5) is 33.9. The summed E-state index contributed by atoms with van der Waals surface area (Å²) in [7, 11) is 1.45. The van der Waals surface area contributed by atoms with Gasteiger partial charge in [0.25, 0.3) is 0 Å². The highest BCUT2D eigenvalue weighted by Gasteiger charge is 2.33. The molecule has 1 saturated carbocycles. The number of hydrogen-bond acceptors (Lipinski definition) is 5. The molecular weight excluding hydrogens is 530 g/mol. The largest absolute Gasteiger partial charge is 0.469 e. The molecule has 0 atom stereocenters. The van der Waals surface area contributed by atoms with Gasteiger partial charge in [0, 0.05) is 28.9 Å². The average Bonchev–Trinajstić information content (AvgIpc) is 3.39. The topological polar surface area (TPSA) is 71.5 Å². The zero-order chi connectivity index (χ0) is 28.6. The molecule has 1 heterocycles. The van der Waals surface area contributed by atoms with Crippen LogP contribution < -0.4 is 5.32 Å². The van der Waals surface area contributed by atoms with Crippen molar-refractivity contribution in [2.75, 3.05) is 19.0 Å². The number of esters is 1. The zero-order valence-electron chi connectivity index (χ0n) is 23.7. The Morgan fingerprint density at radius 3 is 2.02 bits per heavy atom. The van der Waals surface area contributed by atoms with Crippen LogP contribution >= 0.6 is 11.3 Å². The van der Waals surface area contributed by atoms with E-state index in [0.717, 1.165) is 48.2 Å². The minimum Gasteiger partial charge on any atom is -0.469 e. The van der Waals surface area contributed by atoms with Crippen molar-refractivity contribution in [2.24, 2.45) is 5.92 Å². The SMILES string of the molecule is COC(=O)[C@H]1CC[C@H](N(CCC(c2ccccc2)c2ccccc2)C(=O)Nc2nc(-c3ccccc3)c(C)s2)CC1. The van der Waals surface area contributed by atoms with Crippen LogP contribution in [-0.2, 0) is 9.53 Å². The predicted molar refractivity (Wildman–Crippen MR) is 165 cm³/mol. The quantitative estimate of drug-likeness (QED) is 0.209. The van der Waals surface area contributed by atoms with E-state index in [1.807, 2.05) is 54.3 Å². The van der Waals surface area contributed by atoms with Crippen molar-refractivity contribution in [1.82, 2.24) is 9.88 Å². The van der Waals surface area contributed by atoms with Gasteiger partial charge in [-0.25, -0.2) is 9.78 Å². The van der Waals surface area contributed by atoms with Gasteiger partial charge in [-0.1, -0.05) is 91.0 Å². The van der Waals surface area contributed by atoms with Crippen LogP contribution in [-0.4, -0.2) is 41.6 Å². The van der Waals surface area contributed by atoms with Crippen molar-refractivity contribution >= 4 is 28.5 Å². The summed E-state index contributed by atoms with van der Waals surface area (Å²) in [6.45, 7) is 2.62. The van der Waals surface area contributed by atoms with Crippen molar-refractivity contribution in [3.8, 4) is 11.3 Å². The number of urea groups is 1. The van der Waals surface area contributed by atoms with Gasteiger partial charge in [-0.3, -0.25) is 10.1 Å². The Balaban J connectivity index is 1.37. The van der Waals surface area contributed by atoms with E-state index in [9.17, 15) is 9.59 Å². The van der Waals surface area contributed by atoms with Gasteiger partial charge in [0.15, 0.2) is 5.13 Å². The predicted octanol–water partition coefficient (Wildman–Crippen LogP) is 7.91. The molecule has 0 aliphatic heterocycles. The molecule has 1 aliphatic rings. The fourth-order valence-corrected chi connectivity index (χ4v) is 6.71. The van der Waals surface area contributed by atoms with Gasteiger partial charge < -0.3 is 9.64 Å². The summed E-state index contributed by atoms with van der Waals surface area (Å²) in [5, 5.41) is 3.72. The highest BCUT2D eigenvalue weighted by Crippen LogP contribution is 2.34. The molecule has 6 nitrogen and oxygen atoms in total. The van der Waals surface area contributed by atoms with E-state index < -0.39 is 0 Å². The Kier molecular flexibility index (Phi) is 9.47. The smallest absolute Gasteiger partial charge is 0.323 e. The third-order valence-electron chi connectivity index (χ3n) is 8.05. The van der Waals surface area contributed by atoms with Crippen LogP contribution in [0.1, 0.15) is 54.0 Å². The molecule has 3 aromatic carbocycles. The molecule has 41 heavy (non-hydrogen) atoms. The molecule has 0 radical (unpaired) electrons. The Morgan fingerprint density at radius 1 is 0.902 bits per heavy atom.